The third kappa shape index (κ3) is 5.47. The van der Waals surface area contributed by atoms with Crippen LogP contribution in [0.25, 0.3) is 0 Å². The van der Waals surface area contributed by atoms with Gasteiger partial charge in [0.2, 0.25) is 0 Å². The Morgan fingerprint density at radius 1 is 1.11 bits per heavy atom. The summed E-state index contributed by atoms with van der Waals surface area (Å²) in [7, 11) is 0. The van der Waals surface area contributed by atoms with Crippen LogP contribution in [0.3, 0.4) is 0 Å². The molecule has 6 heteroatoms. The van der Waals surface area contributed by atoms with Gasteiger partial charge in [-0.05, 0) is 49.2 Å². The minimum absolute atomic E-state index is 0.164. The van der Waals surface area contributed by atoms with Crippen molar-refractivity contribution in [1.82, 2.24) is 10.3 Å². The summed E-state index contributed by atoms with van der Waals surface area (Å²) in [5, 5.41) is 6.88. The first kappa shape index (κ1) is 19.7. The lowest BCUT2D eigenvalue weighted by Crippen LogP contribution is -2.25. The second kappa shape index (κ2) is 9.76. The van der Waals surface area contributed by atoms with Gasteiger partial charge < -0.3 is 15.4 Å². The van der Waals surface area contributed by atoms with Crippen LogP contribution in [0.15, 0.2) is 67.0 Å². The molecule has 0 aliphatic heterocycles. The fraction of sp³-hybridized carbons (Fsp3) is 0.182. The quantitative estimate of drug-likeness (QED) is 0.572. The van der Waals surface area contributed by atoms with Crippen molar-refractivity contribution in [3.8, 4) is 5.75 Å². The molecule has 5 nitrogen and oxygen atoms in total. The molecule has 0 aliphatic rings. The number of hydrogen-bond acceptors (Lipinski definition) is 4. The highest BCUT2D eigenvalue weighted by atomic mass is 35.5. The standard InChI is InChI=1S/C22H22ClN3O2/c1-2-28-21-6-4-3-5-20(21)26-19-13-17(14-24-15-19)22(27)25-12-11-16-7-9-18(23)10-8-16/h3-10,13-15,26H,2,11-12H2,1H3,(H,25,27). The zero-order chi connectivity index (χ0) is 19.8. The summed E-state index contributed by atoms with van der Waals surface area (Å²) in [4.78, 5) is 16.6. The van der Waals surface area contributed by atoms with E-state index in [-0.39, 0.29) is 5.91 Å². The fourth-order valence-corrected chi connectivity index (χ4v) is 2.84. The summed E-state index contributed by atoms with van der Waals surface area (Å²) in [6.45, 7) is 3.05. The van der Waals surface area contributed by atoms with Crippen molar-refractivity contribution < 1.29 is 9.53 Å². The van der Waals surface area contributed by atoms with Gasteiger partial charge in [0.1, 0.15) is 5.75 Å². The van der Waals surface area contributed by atoms with Gasteiger partial charge in [-0.3, -0.25) is 9.78 Å². The first-order valence-electron chi connectivity index (χ1n) is 9.12. The van der Waals surface area contributed by atoms with Crippen LogP contribution >= 0.6 is 11.6 Å². The van der Waals surface area contributed by atoms with Gasteiger partial charge in [0, 0.05) is 17.8 Å². The number of rotatable bonds is 8. The molecule has 0 radical (unpaired) electrons. The minimum atomic E-state index is -0.164. The van der Waals surface area contributed by atoms with Crippen LogP contribution in [0.4, 0.5) is 11.4 Å². The second-order valence-corrected chi connectivity index (χ2v) is 6.59. The third-order valence-corrected chi connectivity index (χ3v) is 4.33. The number of hydrogen-bond donors (Lipinski definition) is 2. The SMILES string of the molecule is CCOc1ccccc1Nc1cncc(C(=O)NCCc2ccc(Cl)cc2)c1. The molecule has 0 saturated carbocycles. The largest absolute Gasteiger partial charge is 0.492 e. The molecular formula is C22H22ClN3O2. The Labute approximate surface area is 169 Å². The highest BCUT2D eigenvalue weighted by molar-refractivity contribution is 6.30. The molecule has 0 bridgehead atoms. The molecule has 0 spiro atoms. The predicted molar refractivity (Wildman–Crippen MR) is 113 cm³/mol. The van der Waals surface area contributed by atoms with Gasteiger partial charge in [-0.15, -0.1) is 0 Å². The smallest absolute Gasteiger partial charge is 0.252 e. The van der Waals surface area contributed by atoms with Gasteiger partial charge in [0.05, 0.1) is 29.7 Å². The van der Waals surface area contributed by atoms with E-state index in [0.717, 1.165) is 29.1 Å². The van der Waals surface area contributed by atoms with Crippen LogP contribution < -0.4 is 15.4 Å². The molecule has 0 atom stereocenters. The number of pyridine rings is 1. The van der Waals surface area contributed by atoms with Gasteiger partial charge in [-0.2, -0.15) is 0 Å². The summed E-state index contributed by atoms with van der Waals surface area (Å²) < 4.78 is 5.62. The van der Waals surface area contributed by atoms with Gasteiger partial charge >= 0.3 is 0 Å². The number of halogens is 1. The van der Waals surface area contributed by atoms with Crippen molar-refractivity contribution in [2.75, 3.05) is 18.5 Å². The van der Waals surface area contributed by atoms with E-state index in [9.17, 15) is 4.79 Å². The molecule has 1 heterocycles. The lowest BCUT2D eigenvalue weighted by Gasteiger charge is -2.12. The van der Waals surface area contributed by atoms with E-state index in [2.05, 4.69) is 15.6 Å². The van der Waals surface area contributed by atoms with E-state index in [0.29, 0.717) is 23.7 Å². The highest BCUT2D eigenvalue weighted by Gasteiger charge is 2.08. The summed E-state index contributed by atoms with van der Waals surface area (Å²) in [5.41, 5.74) is 3.16. The van der Waals surface area contributed by atoms with E-state index in [1.807, 2.05) is 55.5 Å². The Morgan fingerprint density at radius 3 is 2.68 bits per heavy atom. The Balaban J connectivity index is 1.61. The maximum atomic E-state index is 12.4. The average Bonchev–Trinajstić information content (AvgIpc) is 2.71. The second-order valence-electron chi connectivity index (χ2n) is 6.15. The molecule has 1 aromatic heterocycles. The molecule has 3 rings (SSSR count). The lowest BCUT2D eigenvalue weighted by atomic mass is 10.1. The Bertz CT molecular complexity index is 929. The van der Waals surface area contributed by atoms with Crippen LogP contribution in [0.1, 0.15) is 22.8 Å². The van der Waals surface area contributed by atoms with Crippen molar-refractivity contribution in [3.05, 3.63) is 83.1 Å². The van der Waals surface area contributed by atoms with Crippen molar-refractivity contribution in [3.63, 3.8) is 0 Å². The van der Waals surface area contributed by atoms with Crippen molar-refractivity contribution >= 4 is 28.9 Å². The number of nitrogens with zero attached hydrogens (tertiary/aromatic N) is 1. The van der Waals surface area contributed by atoms with Crippen molar-refractivity contribution in [2.45, 2.75) is 13.3 Å². The van der Waals surface area contributed by atoms with Gasteiger partial charge in [-0.1, -0.05) is 35.9 Å². The molecular weight excluding hydrogens is 374 g/mol. The molecule has 0 saturated heterocycles. The van der Waals surface area contributed by atoms with Crippen molar-refractivity contribution in [1.29, 1.82) is 0 Å². The maximum Gasteiger partial charge on any atom is 0.252 e. The zero-order valence-electron chi connectivity index (χ0n) is 15.6. The van der Waals surface area contributed by atoms with E-state index in [4.69, 9.17) is 16.3 Å². The number of carbonyl (C=O) groups excluding carboxylic acids is 1. The van der Waals surface area contributed by atoms with Gasteiger partial charge in [-0.25, -0.2) is 0 Å². The van der Waals surface area contributed by atoms with Crippen molar-refractivity contribution in [2.24, 2.45) is 0 Å². The number of carbonyl (C=O) groups is 1. The van der Waals surface area contributed by atoms with Crippen LogP contribution in [0, 0.1) is 0 Å². The van der Waals surface area contributed by atoms with E-state index < -0.39 is 0 Å². The first-order valence-corrected chi connectivity index (χ1v) is 9.50. The van der Waals surface area contributed by atoms with Gasteiger partial charge in [0.25, 0.3) is 5.91 Å². The number of aromatic nitrogens is 1. The van der Waals surface area contributed by atoms with Crippen LogP contribution in [0.2, 0.25) is 5.02 Å². The average molecular weight is 396 g/mol. The van der Waals surface area contributed by atoms with Gasteiger partial charge in [0.15, 0.2) is 0 Å². The third-order valence-electron chi connectivity index (χ3n) is 4.08. The fourth-order valence-electron chi connectivity index (χ4n) is 2.71. The van der Waals surface area contributed by atoms with E-state index in [1.165, 1.54) is 0 Å². The number of anilines is 2. The molecule has 0 unspecified atom stereocenters. The molecule has 2 aromatic carbocycles. The normalized spacial score (nSPS) is 10.4. The molecule has 144 valence electrons. The zero-order valence-corrected chi connectivity index (χ0v) is 16.4. The Hall–Kier alpha value is -3.05. The number of para-hydroxylation sites is 2. The first-order chi connectivity index (χ1) is 13.7. The topological polar surface area (TPSA) is 63.2 Å². The summed E-state index contributed by atoms with van der Waals surface area (Å²) in [6.07, 6.45) is 3.96. The lowest BCUT2D eigenvalue weighted by molar-refractivity contribution is 0.0954. The molecule has 1 amide bonds. The number of benzene rings is 2. The van der Waals surface area contributed by atoms with Crippen LogP contribution in [-0.4, -0.2) is 24.0 Å². The number of amides is 1. The monoisotopic (exact) mass is 395 g/mol. The minimum Gasteiger partial charge on any atom is -0.492 e. The molecule has 2 N–H and O–H groups in total. The maximum absolute atomic E-state index is 12.4. The Kier molecular flexibility index (Phi) is 6.87. The molecule has 28 heavy (non-hydrogen) atoms. The van der Waals surface area contributed by atoms with Crippen LogP contribution in [0.5, 0.6) is 5.75 Å². The van der Waals surface area contributed by atoms with E-state index >= 15 is 0 Å². The van der Waals surface area contributed by atoms with E-state index in [1.54, 1.807) is 18.5 Å². The molecule has 0 fully saturated rings. The number of nitrogens with one attached hydrogen (secondary N) is 2. The molecule has 0 aliphatic carbocycles. The summed E-state index contributed by atoms with van der Waals surface area (Å²) in [5.74, 6) is 0.589. The number of ether oxygens (including phenoxy) is 1. The highest BCUT2D eigenvalue weighted by Crippen LogP contribution is 2.27. The summed E-state index contributed by atoms with van der Waals surface area (Å²) >= 11 is 5.89. The Morgan fingerprint density at radius 2 is 1.89 bits per heavy atom. The molecule has 3 aromatic rings. The predicted octanol–water partition coefficient (Wildman–Crippen LogP) is 4.85. The van der Waals surface area contributed by atoms with Crippen LogP contribution in [-0.2, 0) is 6.42 Å². The summed E-state index contributed by atoms with van der Waals surface area (Å²) in [6, 6.07) is 17.0.